The van der Waals surface area contributed by atoms with Gasteiger partial charge in [-0.15, -0.1) is 0 Å². The van der Waals surface area contributed by atoms with Gasteiger partial charge in [0.15, 0.2) is 5.11 Å². The Labute approximate surface area is 172 Å². The number of ether oxygens (including phenoxy) is 2. The maximum absolute atomic E-state index is 12.4. The molecule has 0 saturated carbocycles. The van der Waals surface area contributed by atoms with Crippen LogP contribution in [0.1, 0.15) is 50.4 Å². The molecule has 0 aliphatic carbocycles. The molecule has 0 aromatic heterocycles. The van der Waals surface area contributed by atoms with Gasteiger partial charge in [0.2, 0.25) is 0 Å². The molecule has 2 aromatic rings. The number of carbonyl (C=O) groups excluding carboxylic acids is 1. The average Bonchev–Trinajstić information content (AvgIpc) is 2.67. The molecule has 150 valence electrons. The number of rotatable bonds is 9. The Hall–Kier alpha value is -2.60. The van der Waals surface area contributed by atoms with Gasteiger partial charge in [-0.1, -0.05) is 31.9 Å². The van der Waals surface area contributed by atoms with E-state index in [4.69, 9.17) is 21.7 Å². The van der Waals surface area contributed by atoms with Crippen molar-refractivity contribution >= 4 is 28.9 Å². The van der Waals surface area contributed by atoms with E-state index in [2.05, 4.69) is 17.6 Å². The fraction of sp³-hybridized carbons (Fsp3) is 0.364. The highest BCUT2D eigenvalue weighted by molar-refractivity contribution is 7.80. The van der Waals surface area contributed by atoms with Crippen molar-refractivity contribution in [3.05, 3.63) is 54.1 Å². The molecule has 2 rings (SSSR count). The minimum absolute atomic E-state index is 0.0359. The van der Waals surface area contributed by atoms with Crippen LogP contribution in [-0.4, -0.2) is 23.7 Å². The van der Waals surface area contributed by atoms with Crippen LogP contribution in [0.15, 0.2) is 48.5 Å². The van der Waals surface area contributed by atoms with E-state index in [1.807, 2.05) is 38.1 Å². The Balaban J connectivity index is 1.89. The number of unbranched alkanes of at least 4 members (excludes halogenated alkanes) is 2. The first-order chi connectivity index (χ1) is 13.5. The van der Waals surface area contributed by atoms with E-state index in [0.29, 0.717) is 23.6 Å². The summed E-state index contributed by atoms with van der Waals surface area (Å²) >= 11 is 5.27. The lowest BCUT2D eigenvalue weighted by Crippen LogP contribution is -2.34. The van der Waals surface area contributed by atoms with E-state index < -0.39 is 0 Å². The zero-order chi connectivity index (χ0) is 20.4. The number of hydrogen-bond donors (Lipinski definition) is 2. The van der Waals surface area contributed by atoms with Gasteiger partial charge in [0.1, 0.15) is 11.5 Å². The second-order valence-corrected chi connectivity index (χ2v) is 7.06. The van der Waals surface area contributed by atoms with Gasteiger partial charge >= 0.3 is 0 Å². The summed E-state index contributed by atoms with van der Waals surface area (Å²) in [4.78, 5) is 12.4. The fourth-order valence-corrected chi connectivity index (χ4v) is 2.70. The lowest BCUT2D eigenvalue weighted by Gasteiger charge is -2.16. The number of amides is 1. The van der Waals surface area contributed by atoms with Crippen molar-refractivity contribution in [3.8, 4) is 11.5 Å². The second kappa shape index (κ2) is 11.3. The molecule has 0 fully saturated rings. The van der Waals surface area contributed by atoms with E-state index in [0.717, 1.165) is 25.0 Å². The summed E-state index contributed by atoms with van der Waals surface area (Å²) in [6.45, 7) is 6.75. The van der Waals surface area contributed by atoms with Gasteiger partial charge in [-0.25, -0.2) is 0 Å². The molecule has 2 aromatic carbocycles. The van der Waals surface area contributed by atoms with Crippen LogP contribution in [-0.2, 0) is 0 Å². The van der Waals surface area contributed by atoms with Crippen molar-refractivity contribution < 1.29 is 14.3 Å². The Morgan fingerprint density at radius 1 is 1.07 bits per heavy atom. The van der Waals surface area contributed by atoms with Gasteiger partial charge in [0, 0.05) is 5.56 Å². The third-order valence-corrected chi connectivity index (χ3v) is 4.06. The molecule has 0 atom stereocenters. The highest BCUT2D eigenvalue weighted by Gasteiger charge is 2.11. The molecule has 1 amide bonds. The van der Waals surface area contributed by atoms with E-state index in [9.17, 15) is 4.79 Å². The van der Waals surface area contributed by atoms with Crippen LogP contribution in [0, 0.1) is 0 Å². The zero-order valence-corrected chi connectivity index (χ0v) is 17.5. The van der Waals surface area contributed by atoms with Crippen molar-refractivity contribution in [2.45, 2.75) is 46.1 Å². The van der Waals surface area contributed by atoms with Crippen LogP contribution in [0.25, 0.3) is 0 Å². The van der Waals surface area contributed by atoms with Crippen LogP contribution in [0.3, 0.4) is 0 Å². The smallest absolute Gasteiger partial charge is 0.257 e. The SMILES string of the molecule is CCCCCOc1ccc(C(=O)NC(=S)Nc2ccccc2OC(C)C)cc1. The van der Waals surface area contributed by atoms with Crippen LogP contribution in [0.5, 0.6) is 11.5 Å². The molecule has 0 unspecified atom stereocenters. The zero-order valence-electron chi connectivity index (χ0n) is 16.7. The molecule has 0 heterocycles. The molecule has 5 nitrogen and oxygen atoms in total. The molecule has 2 N–H and O–H groups in total. The molecule has 0 aliphatic rings. The van der Waals surface area contributed by atoms with Gasteiger partial charge in [0.25, 0.3) is 5.91 Å². The number of nitrogens with one attached hydrogen (secondary N) is 2. The topological polar surface area (TPSA) is 59.6 Å². The lowest BCUT2D eigenvalue weighted by atomic mass is 10.2. The Morgan fingerprint density at radius 2 is 1.79 bits per heavy atom. The predicted octanol–water partition coefficient (Wildman–Crippen LogP) is 5.17. The Morgan fingerprint density at radius 3 is 2.46 bits per heavy atom. The summed E-state index contributed by atoms with van der Waals surface area (Å²) in [6, 6.07) is 14.5. The van der Waals surface area contributed by atoms with Crippen LogP contribution in [0.4, 0.5) is 5.69 Å². The minimum atomic E-state index is -0.280. The molecular formula is C22H28N2O3S. The molecule has 0 radical (unpaired) electrons. The summed E-state index contributed by atoms with van der Waals surface area (Å²) in [6.07, 6.45) is 3.37. The molecular weight excluding hydrogens is 372 g/mol. The van der Waals surface area contributed by atoms with Gasteiger partial charge in [-0.2, -0.15) is 0 Å². The minimum Gasteiger partial charge on any atom is -0.494 e. The van der Waals surface area contributed by atoms with E-state index in [1.165, 1.54) is 0 Å². The van der Waals surface area contributed by atoms with Crippen molar-refractivity contribution in [3.63, 3.8) is 0 Å². The molecule has 0 spiro atoms. The number of para-hydroxylation sites is 2. The number of anilines is 1. The summed E-state index contributed by atoms with van der Waals surface area (Å²) in [5, 5.41) is 5.92. The third-order valence-electron chi connectivity index (χ3n) is 3.86. The third kappa shape index (κ3) is 7.19. The standard InChI is InChI=1S/C22H28N2O3S/c1-4-5-8-15-26-18-13-11-17(12-14-18)21(25)24-22(28)23-19-9-6-7-10-20(19)27-16(2)3/h6-7,9-14,16H,4-5,8,15H2,1-3H3,(H2,23,24,25,28). The maximum Gasteiger partial charge on any atom is 0.257 e. The predicted molar refractivity (Wildman–Crippen MR) is 117 cm³/mol. The van der Waals surface area contributed by atoms with Crippen molar-refractivity contribution in [1.82, 2.24) is 5.32 Å². The first-order valence-corrected chi connectivity index (χ1v) is 10.0. The summed E-state index contributed by atoms with van der Waals surface area (Å²) in [7, 11) is 0. The normalized spacial score (nSPS) is 10.4. The first kappa shape index (κ1) is 21.7. The molecule has 6 heteroatoms. The van der Waals surface area contributed by atoms with Crippen molar-refractivity contribution in [2.75, 3.05) is 11.9 Å². The van der Waals surface area contributed by atoms with E-state index in [-0.39, 0.29) is 17.1 Å². The van der Waals surface area contributed by atoms with Crippen molar-refractivity contribution in [2.24, 2.45) is 0 Å². The van der Waals surface area contributed by atoms with Crippen LogP contribution >= 0.6 is 12.2 Å². The van der Waals surface area contributed by atoms with Gasteiger partial charge < -0.3 is 14.8 Å². The van der Waals surface area contributed by atoms with E-state index >= 15 is 0 Å². The monoisotopic (exact) mass is 400 g/mol. The molecule has 28 heavy (non-hydrogen) atoms. The summed E-state index contributed by atoms with van der Waals surface area (Å²) < 4.78 is 11.4. The highest BCUT2D eigenvalue weighted by atomic mass is 32.1. The maximum atomic E-state index is 12.4. The van der Waals surface area contributed by atoms with Gasteiger partial charge in [0.05, 0.1) is 18.4 Å². The Bertz CT molecular complexity index is 776. The molecule has 0 aliphatic heterocycles. The van der Waals surface area contributed by atoms with Crippen molar-refractivity contribution in [1.29, 1.82) is 0 Å². The Kier molecular flexibility index (Phi) is 8.75. The fourth-order valence-electron chi connectivity index (χ4n) is 2.50. The van der Waals surface area contributed by atoms with E-state index in [1.54, 1.807) is 24.3 Å². The highest BCUT2D eigenvalue weighted by Crippen LogP contribution is 2.24. The second-order valence-electron chi connectivity index (χ2n) is 6.65. The quantitative estimate of drug-likeness (QED) is 0.449. The largest absolute Gasteiger partial charge is 0.494 e. The summed E-state index contributed by atoms with van der Waals surface area (Å²) in [5.74, 6) is 1.16. The van der Waals surface area contributed by atoms with Gasteiger partial charge in [-0.05, 0) is 68.9 Å². The molecule has 0 bridgehead atoms. The summed E-state index contributed by atoms with van der Waals surface area (Å²) in [5.41, 5.74) is 1.22. The lowest BCUT2D eigenvalue weighted by molar-refractivity contribution is 0.0977. The molecule has 0 saturated heterocycles. The number of benzene rings is 2. The van der Waals surface area contributed by atoms with Gasteiger partial charge in [-0.3, -0.25) is 10.1 Å². The van der Waals surface area contributed by atoms with Crippen LogP contribution in [0.2, 0.25) is 0 Å². The van der Waals surface area contributed by atoms with Crippen LogP contribution < -0.4 is 20.1 Å². The number of carbonyl (C=O) groups is 1. The number of hydrogen-bond acceptors (Lipinski definition) is 4. The number of thiocarbonyl (C=S) groups is 1. The first-order valence-electron chi connectivity index (χ1n) is 9.60. The average molecular weight is 401 g/mol.